The van der Waals surface area contributed by atoms with Gasteiger partial charge >= 0.3 is 5.97 Å². The predicted octanol–water partition coefficient (Wildman–Crippen LogP) is -0.0334. The quantitative estimate of drug-likeness (QED) is 0.725. The molecule has 0 atom stereocenters. The van der Waals surface area contributed by atoms with Crippen molar-refractivity contribution in [3.05, 3.63) is 18.0 Å². The first kappa shape index (κ1) is 12.3. The lowest BCUT2D eigenvalue weighted by atomic mass is 10.4. The maximum Gasteiger partial charge on any atom is 0.352 e. The largest absolute Gasteiger partial charge is 0.477 e. The molecule has 0 aliphatic carbocycles. The number of aromatic carboxylic acids is 1. The molecule has 0 aliphatic heterocycles. The molecule has 0 amide bonds. The van der Waals surface area contributed by atoms with Crippen LogP contribution in [-0.4, -0.2) is 42.4 Å². The SMILES string of the molecule is C#CCN(C)S(=O)(=O)c1c[nH]c(C(=O)O)c1. The third-order valence-electron chi connectivity index (χ3n) is 1.91. The number of nitrogens with zero attached hydrogens (tertiary/aromatic N) is 1. The van der Waals surface area contributed by atoms with E-state index >= 15 is 0 Å². The van der Waals surface area contributed by atoms with Gasteiger partial charge in [0.15, 0.2) is 0 Å². The van der Waals surface area contributed by atoms with E-state index in [-0.39, 0.29) is 17.1 Å². The van der Waals surface area contributed by atoms with Crippen LogP contribution in [0.3, 0.4) is 0 Å². The molecule has 0 saturated carbocycles. The zero-order chi connectivity index (χ0) is 12.3. The number of terminal acetylenes is 1. The second kappa shape index (κ2) is 4.38. The van der Waals surface area contributed by atoms with Crippen LogP contribution in [0.1, 0.15) is 10.5 Å². The molecule has 1 heterocycles. The molecule has 0 radical (unpaired) electrons. The monoisotopic (exact) mass is 242 g/mol. The third kappa shape index (κ3) is 2.24. The molecule has 16 heavy (non-hydrogen) atoms. The lowest BCUT2D eigenvalue weighted by Gasteiger charge is -2.12. The summed E-state index contributed by atoms with van der Waals surface area (Å²) in [6.07, 6.45) is 6.12. The van der Waals surface area contributed by atoms with Crippen LogP contribution >= 0.6 is 0 Å². The van der Waals surface area contributed by atoms with Crippen LogP contribution in [0.2, 0.25) is 0 Å². The highest BCUT2D eigenvalue weighted by Crippen LogP contribution is 2.15. The van der Waals surface area contributed by atoms with Crippen LogP contribution in [0.25, 0.3) is 0 Å². The Morgan fingerprint density at radius 3 is 2.75 bits per heavy atom. The number of rotatable bonds is 4. The number of carboxylic acid groups (broad SMARTS) is 1. The summed E-state index contributed by atoms with van der Waals surface area (Å²) in [6, 6.07) is 1.05. The van der Waals surface area contributed by atoms with E-state index < -0.39 is 16.0 Å². The van der Waals surface area contributed by atoms with Crippen molar-refractivity contribution in [1.29, 1.82) is 0 Å². The van der Waals surface area contributed by atoms with E-state index in [1.54, 1.807) is 0 Å². The fourth-order valence-electron chi connectivity index (χ4n) is 1.04. The fourth-order valence-corrected chi connectivity index (χ4v) is 2.12. The van der Waals surface area contributed by atoms with Crippen molar-refractivity contribution in [3.8, 4) is 12.3 Å². The van der Waals surface area contributed by atoms with Gasteiger partial charge in [-0.05, 0) is 6.07 Å². The van der Waals surface area contributed by atoms with Crippen molar-refractivity contribution in [2.24, 2.45) is 0 Å². The minimum absolute atomic E-state index is 0.0735. The zero-order valence-electron chi connectivity index (χ0n) is 8.47. The third-order valence-corrected chi connectivity index (χ3v) is 3.69. The van der Waals surface area contributed by atoms with E-state index in [0.717, 1.165) is 16.6 Å². The molecular formula is C9H10N2O4S. The fraction of sp³-hybridized carbons (Fsp3) is 0.222. The summed E-state index contributed by atoms with van der Waals surface area (Å²) in [5.41, 5.74) is -0.187. The minimum Gasteiger partial charge on any atom is -0.477 e. The second-order valence-electron chi connectivity index (χ2n) is 3.02. The van der Waals surface area contributed by atoms with E-state index in [1.807, 2.05) is 0 Å². The molecule has 0 aliphatic rings. The Morgan fingerprint density at radius 2 is 2.31 bits per heavy atom. The molecule has 86 valence electrons. The Balaban J connectivity index is 3.09. The molecule has 0 aromatic carbocycles. The average Bonchev–Trinajstić information content (AvgIpc) is 2.67. The first-order valence-electron chi connectivity index (χ1n) is 4.21. The van der Waals surface area contributed by atoms with E-state index in [1.165, 1.54) is 7.05 Å². The summed E-state index contributed by atoms with van der Waals surface area (Å²) >= 11 is 0. The molecule has 0 spiro atoms. The van der Waals surface area contributed by atoms with Gasteiger partial charge in [-0.15, -0.1) is 6.42 Å². The highest BCUT2D eigenvalue weighted by molar-refractivity contribution is 7.89. The van der Waals surface area contributed by atoms with Gasteiger partial charge in [-0.3, -0.25) is 0 Å². The summed E-state index contributed by atoms with van der Waals surface area (Å²) in [5, 5.41) is 8.63. The van der Waals surface area contributed by atoms with Crippen LogP contribution in [0.15, 0.2) is 17.2 Å². The first-order valence-corrected chi connectivity index (χ1v) is 5.65. The highest BCUT2D eigenvalue weighted by Gasteiger charge is 2.22. The van der Waals surface area contributed by atoms with E-state index in [0.29, 0.717) is 0 Å². The number of aromatic amines is 1. The maximum atomic E-state index is 11.8. The number of carbonyl (C=O) groups is 1. The van der Waals surface area contributed by atoms with Crippen molar-refractivity contribution < 1.29 is 18.3 Å². The van der Waals surface area contributed by atoms with Crippen LogP contribution in [0.4, 0.5) is 0 Å². The Labute approximate surface area is 92.9 Å². The summed E-state index contributed by atoms with van der Waals surface area (Å²) in [5.74, 6) is 0.972. The van der Waals surface area contributed by atoms with Gasteiger partial charge in [0.2, 0.25) is 10.0 Å². The van der Waals surface area contributed by atoms with Crippen LogP contribution in [0, 0.1) is 12.3 Å². The van der Waals surface area contributed by atoms with Gasteiger partial charge in [0.1, 0.15) is 10.6 Å². The van der Waals surface area contributed by atoms with Crippen molar-refractivity contribution in [2.75, 3.05) is 13.6 Å². The number of hydrogen-bond acceptors (Lipinski definition) is 3. The number of sulfonamides is 1. The normalized spacial score (nSPS) is 11.3. The van der Waals surface area contributed by atoms with Gasteiger partial charge in [0, 0.05) is 13.2 Å². The molecule has 1 aromatic rings. The smallest absolute Gasteiger partial charge is 0.352 e. The predicted molar refractivity (Wildman–Crippen MR) is 56.4 cm³/mol. The van der Waals surface area contributed by atoms with E-state index in [2.05, 4.69) is 10.9 Å². The van der Waals surface area contributed by atoms with Crippen molar-refractivity contribution >= 4 is 16.0 Å². The molecule has 0 saturated heterocycles. The minimum atomic E-state index is -3.72. The first-order chi connectivity index (χ1) is 7.39. The summed E-state index contributed by atoms with van der Waals surface area (Å²) < 4.78 is 24.5. The number of H-pyrrole nitrogens is 1. The summed E-state index contributed by atoms with van der Waals surface area (Å²) in [4.78, 5) is 12.8. The Morgan fingerprint density at radius 1 is 1.69 bits per heavy atom. The van der Waals surface area contributed by atoms with Crippen LogP contribution in [-0.2, 0) is 10.0 Å². The number of aromatic nitrogens is 1. The van der Waals surface area contributed by atoms with Gasteiger partial charge in [0.25, 0.3) is 0 Å². The molecule has 0 bridgehead atoms. The Kier molecular flexibility index (Phi) is 3.37. The lowest BCUT2D eigenvalue weighted by Crippen LogP contribution is -2.26. The number of hydrogen-bond donors (Lipinski definition) is 2. The van der Waals surface area contributed by atoms with E-state index in [4.69, 9.17) is 11.5 Å². The van der Waals surface area contributed by atoms with Gasteiger partial charge in [-0.2, -0.15) is 4.31 Å². The summed E-state index contributed by atoms with van der Waals surface area (Å²) in [6.45, 7) is -0.0735. The topological polar surface area (TPSA) is 90.5 Å². The molecule has 6 nitrogen and oxygen atoms in total. The van der Waals surface area contributed by atoms with Crippen molar-refractivity contribution in [1.82, 2.24) is 9.29 Å². The number of carboxylic acids is 1. The molecule has 7 heteroatoms. The Hall–Kier alpha value is -1.78. The van der Waals surface area contributed by atoms with Gasteiger partial charge in [-0.25, -0.2) is 13.2 Å². The maximum absolute atomic E-state index is 11.8. The van der Waals surface area contributed by atoms with Crippen molar-refractivity contribution in [3.63, 3.8) is 0 Å². The molecule has 0 unspecified atom stereocenters. The molecule has 0 fully saturated rings. The van der Waals surface area contributed by atoms with Gasteiger partial charge < -0.3 is 10.1 Å². The van der Waals surface area contributed by atoms with E-state index in [9.17, 15) is 13.2 Å². The molecule has 1 rings (SSSR count). The highest BCUT2D eigenvalue weighted by atomic mass is 32.2. The van der Waals surface area contributed by atoms with Gasteiger partial charge in [0.05, 0.1) is 6.54 Å². The Bertz CT molecular complexity index is 538. The van der Waals surface area contributed by atoms with Gasteiger partial charge in [-0.1, -0.05) is 5.92 Å². The number of nitrogens with one attached hydrogen (secondary N) is 1. The molecule has 2 N–H and O–H groups in total. The van der Waals surface area contributed by atoms with Crippen LogP contribution < -0.4 is 0 Å². The zero-order valence-corrected chi connectivity index (χ0v) is 9.28. The second-order valence-corrected chi connectivity index (χ2v) is 5.06. The standard InChI is InChI=1S/C9H10N2O4S/c1-3-4-11(2)16(14,15)7-5-8(9(12)13)10-6-7/h1,5-6,10H,4H2,2H3,(H,12,13). The average molecular weight is 242 g/mol. The van der Waals surface area contributed by atoms with Crippen molar-refractivity contribution in [2.45, 2.75) is 4.90 Å². The summed E-state index contributed by atoms with van der Waals surface area (Å²) in [7, 11) is -2.40. The van der Waals surface area contributed by atoms with Crippen LogP contribution in [0.5, 0.6) is 0 Å². The lowest BCUT2D eigenvalue weighted by molar-refractivity contribution is 0.0691. The molecular weight excluding hydrogens is 232 g/mol. The molecule has 1 aromatic heterocycles.